The molecular formula is C28H62NO2P. The molecule has 0 saturated heterocycles. The van der Waals surface area contributed by atoms with E-state index in [1.807, 2.05) is 0 Å². The average Bonchev–Trinajstić information content (AvgIpc) is 2.79. The van der Waals surface area contributed by atoms with Crippen LogP contribution in [0.4, 0.5) is 0 Å². The van der Waals surface area contributed by atoms with Gasteiger partial charge in [-0.2, -0.15) is 0 Å². The maximum atomic E-state index is 10.2. The molecular weight excluding hydrogens is 413 g/mol. The number of hydrogen-bond acceptors (Lipinski definition) is 2. The number of nitrogens with two attached hydrogens (primary N) is 1. The molecule has 4 heteroatoms. The van der Waals surface area contributed by atoms with Crippen molar-refractivity contribution in [2.75, 3.05) is 18.5 Å². The van der Waals surface area contributed by atoms with E-state index in [9.17, 15) is 4.79 Å². The molecule has 0 aromatic rings. The summed E-state index contributed by atoms with van der Waals surface area (Å²) in [6.45, 7) is 11.5. The van der Waals surface area contributed by atoms with E-state index in [1.165, 1.54) is 115 Å². The van der Waals surface area contributed by atoms with Gasteiger partial charge in [-0.25, -0.2) is 0 Å². The molecule has 0 heterocycles. The van der Waals surface area contributed by atoms with Gasteiger partial charge in [0.2, 0.25) is 0 Å². The van der Waals surface area contributed by atoms with Gasteiger partial charge in [0.05, 0.1) is 0 Å². The Labute approximate surface area is 203 Å². The summed E-state index contributed by atoms with van der Waals surface area (Å²) < 4.78 is 0. The van der Waals surface area contributed by atoms with Crippen LogP contribution in [0, 0.1) is 0 Å². The molecule has 1 atom stereocenters. The Morgan fingerprint density at radius 1 is 0.625 bits per heavy atom. The first-order valence-electron chi connectivity index (χ1n) is 14.4. The topological polar surface area (TPSA) is 63.3 Å². The Bertz CT molecular complexity index is 368. The molecule has 0 aliphatic heterocycles. The number of rotatable bonds is 22. The molecule has 196 valence electrons. The van der Waals surface area contributed by atoms with Crippen LogP contribution in [0.15, 0.2) is 0 Å². The van der Waals surface area contributed by atoms with Crippen LogP contribution in [-0.4, -0.2) is 35.3 Å². The molecule has 0 aliphatic rings. The van der Waals surface area contributed by atoms with Crippen LogP contribution < -0.4 is 5.73 Å². The van der Waals surface area contributed by atoms with Crippen molar-refractivity contribution < 1.29 is 9.90 Å². The number of carboxylic acids is 1. The van der Waals surface area contributed by atoms with Gasteiger partial charge < -0.3 is 5.11 Å². The van der Waals surface area contributed by atoms with Gasteiger partial charge >= 0.3 is 116 Å². The van der Waals surface area contributed by atoms with Crippen molar-refractivity contribution in [2.24, 2.45) is 5.73 Å². The van der Waals surface area contributed by atoms with Gasteiger partial charge in [0.25, 0.3) is 0 Å². The minimum absolute atomic E-state index is 0.344. The predicted molar refractivity (Wildman–Crippen MR) is 150 cm³/mol. The molecule has 0 rings (SSSR count). The molecule has 3 nitrogen and oxygen atoms in total. The molecule has 0 saturated carbocycles. The van der Waals surface area contributed by atoms with Gasteiger partial charge in [-0.15, -0.1) is 0 Å². The van der Waals surface area contributed by atoms with Crippen molar-refractivity contribution >= 4 is 13.2 Å². The normalized spacial score (nSPS) is 12.8. The Kier molecular flexibility index (Phi) is 27.1. The number of carbonyl (C=O) groups is 1. The summed E-state index contributed by atoms with van der Waals surface area (Å²) in [4.78, 5) is 10.2. The van der Waals surface area contributed by atoms with Gasteiger partial charge in [0.1, 0.15) is 0 Å². The fourth-order valence-corrected chi connectivity index (χ4v) is 10.6. The zero-order chi connectivity index (χ0) is 24.5. The molecule has 0 aromatic heterocycles. The van der Waals surface area contributed by atoms with Crippen LogP contribution in [-0.2, 0) is 4.79 Å². The third-order valence-corrected chi connectivity index (χ3v) is 13.1. The minimum atomic E-state index is -1.18. The number of carboxylic acid groups (broad SMARTS) is 1. The monoisotopic (exact) mass is 475 g/mol. The number of unbranched alkanes of at least 4 members (excludes halogenated alkanes) is 12. The Morgan fingerprint density at radius 2 is 0.969 bits per heavy atom. The van der Waals surface area contributed by atoms with Crippen molar-refractivity contribution in [1.82, 2.24) is 0 Å². The van der Waals surface area contributed by atoms with Gasteiger partial charge in [0, 0.05) is 6.42 Å². The van der Waals surface area contributed by atoms with Crippen LogP contribution in [0.2, 0.25) is 0 Å². The zero-order valence-corrected chi connectivity index (χ0v) is 23.9. The van der Waals surface area contributed by atoms with Crippen LogP contribution in [0.1, 0.15) is 150 Å². The summed E-state index contributed by atoms with van der Waals surface area (Å²) >= 11 is 0. The van der Waals surface area contributed by atoms with Crippen LogP contribution >= 0.6 is 7.26 Å². The van der Waals surface area contributed by atoms with Crippen LogP contribution in [0.5, 0.6) is 0 Å². The van der Waals surface area contributed by atoms with Crippen molar-refractivity contribution in [1.29, 1.82) is 0 Å². The molecule has 0 radical (unpaired) electrons. The molecule has 3 N–H and O–H groups in total. The third-order valence-electron chi connectivity index (χ3n) is 7.06. The average molecular weight is 476 g/mol. The van der Waals surface area contributed by atoms with Crippen molar-refractivity contribution in [3.05, 3.63) is 0 Å². The second kappa shape index (κ2) is 25.5. The van der Waals surface area contributed by atoms with E-state index in [-0.39, 0.29) is 0 Å². The van der Waals surface area contributed by atoms with E-state index in [0.29, 0.717) is 12.2 Å². The molecule has 0 amide bonds. The standard InChI is InChI=1S/C15H36NP.C13H26O2/c1-5-9-12-17(13-10-6-2,14-11-7-3)15(16)8-4;1-2-3-4-5-6-7-8-9-10-11-12-13(14)15/h15,17H,5-14,16H2,1-4H3;2-12H2,1H3,(H,14,15). The Balaban J connectivity index is 0. The van der Waals surface area contributed by atoms with Crippen LogP contribution in [0.25, 0.3) is 0 Å². The Morgan fingerprint density at radius 3 is 1.28 bits per heavy atom. The van der Waals surface area contributed by atoms with E-state index >= 15 is 0 Å². The third kappa shape index (κ3) is 20.5. The summed E-state index contributed by atoms with van der Waals surface area (Å²) in [5.74, 6) is -0.110. The van der Waals surface area contributed by atoms with E-state index in [1.54, 1.807) is 0 Å². The first kappa shape index (κ1) is 34.0. The quantitative estimate of drug-likeness (QED) is 0.121. The number of hydrogen-bond donors (Lipinski definition) is 2. The first-order chi connectivity index (χ1) is 15.4. The van der Waals surface area contributed by atoms with Crippen molar-refractivity contribution in [3.63, 3.8) is 0 Å². The molecule has 1 unspecified atom stereocenters. The summed E-state index contributed by atoms with van der Waals surface area (Å²) in [5, 5.41) is 8.44. The molecule has 0 bridgehead atoms. The molecule has 0 spiro atoms. The second-order valence-corrected chi connectivity index (χ2v) is 15.0. The van der Waals surface area contributed by atoms with Gasteiger partial charge in [-0.05, 0) is 6.42 Å². The van der Waals surface area contributed by atoms with Gasteiger partial charge in [-0.3, -0.25) is 4.79 Å². The Hall–Kier alpha value is -0.140. The predicted octanol–water partition coefficient (Wildman–Crippen LogP) is 9.21. The van der Waals surface area contributed by atoms with Gasteiger partial charge in [-0.1, -0.05) is 64.7 Å². The van der Waals surface area contributed by atoms with Crippen molar-refractivity contribution in [3.8, 4) is 0 Å². The van der Waals surface area contributed by atoms with Gasteiger partial charge in [0.15, 0.2) is 0 Å². The fourth-order valence-electron chi connectivity index (χ4n) is 4.71. The zero-order valence-electron chi connectivity index (χ0n) is 22.9. The summed E-state index contributed by atoms with van der Waals surface area (Å²) in [6.07, 6.45) is 26.8. The van der Waals surface area contributed by atoms with E-state index in [2.05, 4.69) is 34.6 Å². The molecule has 32 heavy (non-hydrogen) atoms. The maximum absolute atomic E-state index is 10.2. The fraction of sp³-hybridized carbons (Fsp3) is 0.964. The van der Waals surface area contributed by atoms with Crippen molar-refractivity contribution in [2.45, 2.75) is 156 Å². The SMILES string of the molecule is CCCCCCCCCCCCC(=O)O.CCCC[PH](CCCC)(CCCC)C(N)CC. The van der Waals surface area contributed by atoms with E-state index < -0.39 is 13.2 Å². The van der Waals surface area contributed by atoms with E-state index in [4.69, 9.17) is 10.8 Å². The first-order valence-corrected chi connectivity index (χ1v) is 17.1. The summed E-state index contributed by atoms with van der Waals surface area (Å²) in [5.41, 5.74) is 6.54. The second-order valence-electron chi connectivity index (χ2n) is 10.0. The summed E-state index contributed by atoms with van der Waals surface area (Å²) in [6, 6.07) is 0. The molecule has 0 aliphatic carbocycles. The molecule has 0 fully saturated rings. The number of aliphatic carboxylic acids is 1. The van der Waals surface area contributed by atoms with E-state index in [0.717, 1.165) is 12.8 Å². The molecule has 0 aromatic carbocycles. The summed E-state index contributed by atoms with van der Waals surface area (Å²) in [7, 11) is -1.18. The van der Waals surface area contributed by atoms with Crippen LogP contribution in [0.3, 0.4) is 0 Å².